The second-order valence-corrected chi connectivity index (χ2v) is 6.29. The van der Waals surface area contributed by atoms with Crippen molar-refractivity contribution in [1.82, 2.24) is 20.2 Å². The van der Waals surface area contributed by atoms with E-state index in [2.05, 4.69) is 44.6 Å². The van der Waals surface area contributed by atoms with E-state index in [4.69, 9.17) is 11.6 Å². The van der Waals surface area contributed by atoms with Gasteiger partial charge in [-0.1, -0.05) is 11.6 Å². The summed E-state index contributed by atoms with van der Waals surface area (Å²) in [5.74, 6) is -0.247. The Morgan fingerprint density at radius 3 is 2.42 bits per heavy atom. The normalized spacial score (nSPS) is 9.77. The number of aromatic amines is 1. The molecule has 3 rings (SSSR count). The zero-order valence-electron chi connectivity index (χ0n) is 17.4. The van der Waals surface area contributed by atoms with Gasteiger partial charge in [-0.3, -0.25) is 19.7 Å². The van der Waals surface area contributed by atoms with E-state index in [9.17, 15) is 9.59 Å². The predicted octanol–water partition coefficient (Wildman–Crippen LogP) is 0.287. The SMILES string of the molecule is [CH2-]CN(C[CH2-])c1ccc(NC(=O)c2[nH]ncc2NC(=O)c2cncc(Cl)c2)cn1.[CH3-].[Li+]. The first kappa shape index (κ1) is 26.2. The van der Waals surface area contributed by atoms with Crippen LogP contribution in [0.5, 0.6) is 0 Å². The molecule has 9 nitrogen and oxygen atoms in total. The third-order valence-electron chi connectivity index (χ3n) is 3.95. The second kappa shape index (κ2) is 12.1. The molecule has 0 spiro atoms. The molecule has 0 saturated carbocycles. The minimum atomic E-state index is -0.484. The molecule has 0 radical (unpaired) electrons. The summed E-state index contributed by atoms with van der Waals surface area (Å²) in [7, 11) is 0. The van der Waals surface area contributed by atoms with Crippen LogP contribution in [0.4, 0.5) is 17.2 Å². The zero-order valence-corrected chi connectivity index (χ0v) is 18.1. The number of halogens is 1. The van der Waals surface area contributed by atoms with Gasteiger partial charge in [0.15, 0.2) is 0 Å². The van der Waals surface area contributed by atoms with E-state index in [1.165, 1.54) is 30.9 Å². The van der Waals surface area contributed by atoms with Gasteiger partial charge in [-0.25, -0.2) is 4.98 Å². The molecular formula is C20H21ClLiN7O2-2. The van der Waals surface area contributed by atoms with Gasteiger partial charge in [-0.05, 0) is 18.2 Å². The molecule has 0 aromatic carbocycles. The van der Waals surface area contributed by atoms with Crippen molar-refractivity contribution in [2.75, 3.05) is 28.6 Å². The fourth-order valence-corrected chi connectivity index (χ4v) is 2.64. The van der Waals surface area contributed by atoms with Crippen LogP contribution >= 0.6 is 11.6 Å². The monoisotopic (exact) mass is 433 g/mol. The van der Waals surface area contributed by atoms with E-state index in [1.54, 1.807) is 12.1 Å². The van der Waals surface area contributed by atoms with E-state index in [-0.39, 0.29) is 43.2 Å². The second-order valence-electron chi connectivity index (χ2n) is 5.85. The summed E-state index contributed by atoms with van der Waals surface area (Å²) in [4.78, 5) is 35.0. The van der Waals surface area contributed by atoms with Crippen LogP contribution in [-0.2, 0) is 0 Å². The molecule has 0 bridgehead atoms. The van der Waals surface area contributed by atoms with Crippen molar-refractivity contribution < 1.29 is 28.4 Å². The Balaban J connectivity index is 0.00000240. The van der Waals surface area contributed by atoms with E-state index in [1.807, 2.05) is 4.90 Å². The minimum absolute atomic E-state index is 0. The Bertz CT molecular complexity index is 1010. The fraction of sp³-hybridized carbons (Fsp3) is 0.100. The van der Waals surface area contributed by atoms with E-state index >= 15 is 0 Å². The first-order chi connectivity index (χ1) is 14.0. The number of carbonyl (C=O) groups is 2. The summed E-state index contributed by atoms with van der Waals surface area (Å²) in [6.45, 7) is 8.69. The standard InChI is InChI=1S/C19H18ClN7O2.CH3.Li/c1-3-27(4-2)16-6-5-14(10-22-16)24-19(29)17-15(11-23-26-17)25-18(28)12-7-13(20)9-21-8-12;;/h5-11H,1-4H2,(H,23,26)(H,24,29)(H,25,28);1H3;/q-2;-1;+1. The maximum atomic E-state index is 12.6. The number of nitrogens with one attached hydrogen (secondary N) is 3. The van der Waals surface area contributed by atoms with Crippen LogP contribution in [0.1, 0.15) is 20.8 Å². The van der Waals surface area contributed by atoms with Crippen molar-refractivity contribution in [2.24, 2.45) is 0 Å². The van der Waals surface area contributed by atoms with E-state index < -0.39 is 11.8 Å². The van der Waals surface area contributed by atoms with Crippen molar-refractivity contribution in [3.05, 3.63) is 80.5 Å². The van der Waals surface area contributed by atoms with E-state index in [0.29, 0.717) is 29.6 Å². The van der Waals surface area contributed by atoms with Gasteiger partial charge in [0.2, 0.25) is 0 Å². The third-order valence-corrected chi connectivity index (χ3v) is 4.16. The predicted molar refractivity (Wildman–Crippen MR) is 117 cm³/mol. The summed E-state index contributed by atoms with van der Waals surface area (Å²) < 4.78 is 0. The average Bonchev–Trinajstić information content (AvgIpc) is 3.18. The maximum Gasteiger partial charge on any atom is 1.00 e. The van der Waals surface area contributed by atoms with Crippen molar-refractivity contribution >= 4 is 40.6 Å². The van der Waals surface area contributed by atoms with Gasteiger partial charge in [0.25, 0.3) is 11.8 Å². The summed E-state index contributed by atoms with van der Waals surface area (Å²) in [6.07, 6.45) is 5.65. The van der Waals surface area contributed by atoms with Gasteiger partial charge in [-0.15, -0.1) is 13.1 Å². The molecule has 3 heterocycles. The molecule has 0 saturated heterocycles. The van der Waals surface area contributed by atoms with Gasteiger partial charge in [0.05, 0.1) is 34.4 Å². The Morgan fingerprint density at radius 2 is 1.81 bits per heavy atom. The van der Waals surface area contributed by atoms with Crippen LogP contribution in [0.15, 0.2) is 43.0 Å². The molecule has 3 aromatic heterocycles. The number of aromatic nitrogens is 4. The van der Waals surface area contributed by atoms with Gasteiger partial charge in [0, 0.05) is 12.4 Å². The van der Waals surface area contributed by atoms with E-state index in [0.717, 1.165) is 0 Å². The number of hydrogen-bond donors (Lipinski definition) is 3. The van der Waals surface area contributed by atoms with Crippen molar-refractivity contribution in [3.8, 4) is 0 Å². The molecule has 11 heteroatoms. The largest absolute Gasteiger partial charge is 1.00 e. The summed E-state index contributed by atoms with van der Waals surface area (Å²) in [6, 6.07) is 4.94. The molecule has 31 heavy (non-hydrogen) atoms. The third kappa shape index (κ3) is 6.56. The van der Waals surface area contributed by atoms with Crippen molar-refractivity contribution in [3.63, 3.8) is 0 Å². The van der Waals surface area contributed by atoms with Gasteiger partial charge < -0.3 is 36.8 Å². The quantitative estimate of drug-likeness (QED) is 0.364. The number of carbonyl (C=O) groups excluding carboxylic acids is 2. The fourth-order valence-electron chi connectivity index (χ4n) is 2.47. The first-order valence-corrected chi connectivity index (χ1v) is 8.95. The number of nitrogens with zero attached hydrogens (tertiary/aromatic N) is 4. The molecule has 3 N–H and O–H groups in total. The number of anilines is 3. The number of amides is 2. The average molecular weight is 434 g/mol. The summed E-state index contributed by atoms with van der Waals surface area (Å²) in [5.41, 5.74) is 1.05. The topological polar surface area (TPSA) is 116 Å². The van der Waals surface area contributed by atoms with Crippen LogP contribution in [0.3, 0.4) is 0 Å². The van der Waals surface area contributed by atoms with Crippen molar-refractivity contribution in [2.45, 2.75) is 0 Å². The Labute approximate surface area is 198 Å². The van der Waals surface area contributed by atoms with Crippen LogP contribution in [0, 0.1) is 21.3 Å². The van der Waals surface area contributed by atoms with Crippen LogP contribution in [0.25, 0.3) is 0 Å². The number of hydrogen-bond acceptors (Lipinski definition) is 6. The smallest absolute Gasteiger partial charge is 0.417 e. The van der Waals surface area contributed by atoms with Gasteiger partial charge >= 0.3 is 18.9 Å². The molecule has 0 aliphatic carbocycles. The molecule has 0 aliphatic rings. The van der Waals surface area contributed by atoms with Crippen LogP contribution < -0.4 is 34.4 Å². The molecule has 0 aliphatic heterocycles. The van der Waals surface area contributed by atoms with Gasteiger partial charge in [0.1, 0.15) is 11.5 Å². The Morgan fingerprint density at radius 1 is 1.06 bits per heavy atom. The number of pyridine rings is 2. The van der Waals surface area contributed by atoms with Crippen LogP contribution in [0.2, 0.25) is 5.02 Å². The molecule has 158 valence electrons. The summed E-state index contributed by atoms with van der Waals surface area (Å²) in [5, 5.41) is 12.1. The molecule has 0 fully saturated rings. The molecular weight excluding hydrogens is 413 g/mol. The van der Waals surface area contributed by atoms with Crippen LogP contribution in [-0.4, -0.2) is 45.1 Å². The Hall–Kier alpha value is -2.86. The zero-order chi connectivity index (χ0) is 20.8. The first-order valence-electron chi connectivity index (χ1n) is 8.58. The molecule has 0 unspecified atom stereocenters. The van der Waals surface area contributed by atoms with Gasteiger partial charge in [-0.2, -0.15) is 5.10 Å². The Kier molecular flexibility index (Phi) is 10.2. The molecule has 2 amide bonds. The van der Waals surface area contributed by atoms with Crippen molar-refractivity contribution in [1.29, 1.82) is 0 Å². The maximum absolute atomic E-state index is 12.6. The number of rotatable bonds is 7. The molecule has 0 atom stereocenters. The summed E-state index contributed by atoms with van der Waals surface area (Å²) >= 11 is 5.85. The number of H-pyrrole nitrogens is 1. The minimum Gasteiger partial charge on any atom is -0.417 e. The molecule has 3 aromatic rings.